The van der Waals surface area contributed by atoms with Crippen molar-refractivity contribution in [3.8, 4) is 17.3 Å². The van der Waals surface area contributed by atoms with Gasteiger partial charge in [-0.15, -0.1) is 0 Å². The SMILES string of the molecule is COc1ncnc(C2CC2)c1-c1nccc(S(C)=O)n1. The highest BCUT2D eigenvalue weighted by atomic mass is 32.2. The molecule has 0 N–H and O–H groups in total. The van der Waals surface area contributed by atoms with Crippen LogP contribution in [0.25, 0.3) is 11.4 Å². The summed E-state index contributed by atoms with van der Waals surface area (Å²) >= 11 is 0. The van der Waals surface area contributed by atoms with E-state index in [1.54, 1.807) is 25.6 Å². The number of ether oxygens (including phenoxy) is 1. The van der Waals surface area contributed by atoms with Crippen LogP contribution in [0.2, 0.25) is 0 Å². The molecule has 1 aliphatic rings. The van der Waals surface area contributed by atoms with Crippen LogP contribution >= 0.6 is 0 Å². The van der Waals surface area contributed by atoms with Gasteiger partial charge in [-0.2, -0.15) is 0 Å². The van der Waals surface area contributed by atoms with E-state index in [0.29, 0.717) is 28.2 Å². The molecule has 0 radical (unpaired) electrons. The van der Waals surface area contributed by atoms with Crippen LogP contribution in [0.15, 0.2) is 23.6 Å². The molecule has 20 heavy (non-hydrogen) atoms. The lowest BCUT2D eigenvalue weighted by Crippen LogP contribution is -2.03. The Hall–Kier alpha value is -1.89. The van der Waals surface area contributed by atoms with Crippen molar-refractivity contribution in [3.63, 3.8) is 0 Å². The molecule has 104 valence electrons. The maximum atomic E-state index is 11.6. The smallest absolute Gasteiger partial charge is 0.227 e. The summed E-state index contributed by atoms with van der Waals surface area (Å²) in [5.41, 5.74) is 1.63. The minimum atomic E-state index is -1.16. The second-order valence-electron chi connectivity index (χ2n) is 4.59. The van der Waals surface area contributed by atoms with Crippen molar-refractivity contribution in [2.45, 2.75) is 23.8 Å². The Morgan fingerprint density at radius 1 is 1.30 bits per heavy atom. The van der Waals surface area contributed by atoms with Crippen LogP contribution in [0, 0.1) is 0 Å². The first kappa shape index (κ1) is 13.1. The summed E-state index contributed by atoms with van der Waals surface area (Å²) in [7, 11) is 0.404. The van der Waals surface area contributed by atoms with Crippen LogP contribution in [-0.2, 0) is 10.8 Å². The van der Waals surface area contributed by atoms with Crippen LogP contribution in [-0.4, -0.2) is 37.5 Å². The second kappa shape index (κ2) is 5.24. The van der Waals surface area contributed by atoms with Gasteiger partial charge in [-0.05, 0) is 18.9 Å². The number of hydrogen-bond acceptors (Lipinski definition) is 6. The summed E-state index contributed by atoms with van der Waals surface area (Å²) in [5.74, 6) is 1.35. The summed E-state index contributed by atoms with van der Waals surface area (Å²) in [6.45, 7) is 0. The van der Waals surface area contributed by atoms with Gasteiger partial charge in [0.15, 0.2) is 5.82 Å². The zero-order chi connectivity index (χ0) is 14.1. The number of nitrogens with zero attached hydrogens (tertiary/aromatic N) is 4. The highest BCUT2D eigenvalue weighted by molar-refractivity contribution is 7.84. The van der Waals surface area contributed by atoms with Gasteiger partial charge in [0.2, 0.25) is 5.88 Å². The molecule has 0 bridgehead atoms. The number of methoxy groups -OCH3 is 1. The summed E-state index contributed by atoms with van der Waals surface area (Å²) < 4.78 is 16.9. The van der Waals surface area contributed by atoms with E-state index in [4.69, 9.17) is 4.74 Å². The lowest BCUT2D eigenvalue weighted by atomic mass is 10.1. The molecule has 1 unspecified atom stereocenters. The molecule has 7 heteroatoms. The van der Waals surface area contributed by atoms with E-state index in [2.05, 4.69) is 19.9 Å². The molecule has 2 heterocycles. The first-order valence-corrected chi connectivity index (χ1v) is 7.82. The van der Waals surface area contributed by atoms with Gasteiger partial charge in [-0.25, -0.2) is 19.9 Å². The first-order valence-electron chi connectivity index (χ1n) is 6.26. The van der Waals surface area contributed by atoms with E-state index in [1.165, 1.54) is 6.33 Å². The van der Waals surface area contributed by atoms with E-state index in [1.807, 2.05) is 0 Å². The average molecular weight is 290 g/mol. The van der Waals surface area contributed by atoms with Gasteiger partial charge in [0.25, 0.3) is 0 Å². The standard InChI is InChI=1S/C13H14N4O2S/c1-19-13-10(11(8-3-4-8)15-7-16-13)12-14-6-5-9(17-12)20(2)18/h5-8H,3-4H2,1-2H3. The molecule has 0 aliphatic heterocycles. The molecule has 0 aromatic carbocycles. The molecule has 1 aliphatic carbocycles. The number of aromatic nitrogens is 4. The maximum Gasteiger partial charge on any atom is 0.227 e. The predicted molar refractivity (Wildman–Crippen MR) is 73.9 cm³/mol. The van der Waals surface area contributed by atoms with Crippen molar-refractivity contribution in [3.05, 3.63) is 24.3 Å². The van der Waals surface area contributed by atoms with Crippen LogP contribution < -0.4 is 4.74 Å². The normalized spacial score (nSPS) is 15.9. The minimum Gasteiger partial charge on any atom is -0.480 e. The Labute approximate surface area is 119 Å². The molecule has 0 saturated heterocycles. The van der Waals surface area contributed by atoms with E-state index in [9.17, 15) is 4.21 Å². The lowest BCUT2D eigenvalue weighted by molar-refractivity contribution is 0.397. The maximum absolute atomic E-state index is 11.6. The van der Waals surface area contributed by atoms with E-state index in [0.717, 1.165) is 18.5 Å². The van der Waals surface area contributed by atoms with Gasteiger partial charge in [0.05, 0.1) is 23.6 Å². The summed E-state index contributed by atoms with van der Waals surface area (Å²) in [4.78, 5) is 17.1. The Bertz CT molecular complexity index is 673. The second-order valence-corrected chi connectivity index (χ2v) is 5.92. The predicted octanol–water partition coefficient (Wildman–Crippen LogP) is 1.56. The van der Waals surface area contributed by atoms with Gasteiger partial charge in [0, 0.05) is 18.4 Å². The van der Waals surface area contributed by atoms with Crippen LogP contribution in [0.3, 0.4) is 0 Å². The fourth-order valence-electron chi connectivity index (χ4n) is 2.04. The Morgan fingerprint density at radius 3 is 2.75 bits per heavy atom. The molecule has 0 spiro atoms. The Balaban J connectivity index is 2.17. The lowest BCUT2D eigenvalue weighted by Gasteiger charge is -2.10. The van der Waals surface area contributed by atoms with E-state index in [-0.39, 0.29) is 0 Å². The van der Waals surface area contributed by atoms with Crippen molar-refractivity contribution in [1.29, 1.82) is 0 Å². The molecule has 2 aromatic rings. The fourth-order valence-corrected chi connectivity index (χ4v) is 2.50. The topological polar surface area (TPSA) is 77.9 Å². The third-order valence-corrected chi connectivity index (χ3v) is 3.96. The highest BCUT2D eigenvalue weighted by Gasteiger charge is 2.31. The number of hydrogen-bond donors (Lipinski definition) is 0. The quantitative estimate of drug-likeness (QED) is 0.795. The minimum absolute atomic E-state index is 0.418. The van der Waals surface area contributed by atoms with E-state index >= 15 is 0 Å². The monoisotopic (exact) mass is 290 g/mol. The zero-order valence-corrected chi connectivity index (χ0v) is 12.1. The van der Waals surface area contributed by atoms with Gasteiger partial charge < -0.3 is 4.74 Å². The molecular formula is C13H14N4O2S. The van der Waals surface area contributed by atoms with Crippen molar-refractivity contribution in [1.82, 2.24) is 19.9 Å². The fraction of sp³-hybridized carbons (Fsp3) is 0.385. The molecule has 1 atom stereocenters. The highest BCUT2D eigenvalue weighted by Crippen LogP contribution is 2.44. The Kier molecular flexibility index (Phi) is 3.43. The van der Waals surface area contributed by atoms with Gasteiger partial charge in [-0.3, -0.25) is 4.21 Å². The molecule has 6 nitrogen and oxygen atoms in total. The Morgan fingerprint density at radius 2 is 2.10 bits per heavy atom. The molecule has 2 aromatic heterocycles. The van der Waals surface area contributed by atoms with Crippen LogP contribution in [0.1, 0.15) is 24.5 Å². The summed E-state index contributed by atoms with van der Waals surface area (Å²) in [5, 5.41) is 0.489. The third-order valence-electron chi connectivity index (χ3n) is 3.15. The van der Waals surface area contributed by atoms with Crippen molar-refractivity contribution in [2.24, 2.45) is 0 Å². The molecule has 0 amide bonds. The van der Waals surface area contributed by atoms with Crippen LogP contribution in [0.4, 0.5) is 0 Å². The molecule has 1 saturated carbocycles. The van der Waals surface area contributed by atoms with Gasteiger partial charge >= 0.3 is 0 Å². The summed E-state index contributed by atoms with van der Waals surface area (Å²) in [6.07, 6.45) is 6.89. The zero-order valence-electron chi connectivity index (χ0n) is 11.2. The third kappa shape index (κ3) is 2.40. The van der Waals surface area contributed by atoms with Gasteiger partial charge in [-0.1, -0.05) is 0 Å². The van der Waals surface area contributed by atoms with Crippen molar-refractivity contribution in [2.75, 3.05) is 13.4 Å². The molecule has 3 rings (SSSR count). The van der Waals surface area contributed by atoms with E-state index < -0.39 is 10.8 Å². The average Bonchev–Trinajstić information content (AvgIpc) is 3.31. The largest absolute Gasteiger partial charge is 0.480 e. The number of rotatable bonds is 4. The van der Waals surface area contributed by atoms with Crippen molar-refractivity contribution < 1.29 is 8.95 Å². The van der Waals surface area contributed by atoms with Crippen molar-refractivity contribution >= 4 is 10.8 Å². The molecular weight excluding hydrogens is 276 g/mol. The van der Waals surface area contributed by atoms with Gasteiger partial charge in [0.1, 0.15) is 16.9 Å². The summed E-state index contributed by atoms with van der Waals surface area (Å²) in [6, 6.07) is 1.65. The first-order chi connectivity index (χ1) is 9.70. The van der Waals surface area contributed by atoms with Crippen LogP contribution in [0.5, 0.6) is 5.88 Å². The molecule has 1 fully saturated rings.